The Labute approximate surface area is 272 Å². The Kier molecular flexibility index (Phi) is 12.8. The first-order valence-corrected chi connectivity index (χ1v) is 17.8. The standard InChI is InChI=1S/C37H55F5O4/c1-4-46-34(44)25(15-12-21-36(38,39)37(40,41)42)13-10-8-6-5-7-9-11-14-26-23-27-24-28(45-3)16-17-29(27)30-20-22-35(2)31(33(26)30)18-19-32(35)43/h16-17,24-26,30-33,43H,4-15,18-23H2,1-3H3/t25?,26?,30?,31?,32?,33?,35-/m0/s1. The first-order valence-electron chi connectivity index (χ1n) is 17.8. The monoisotopic (exact) mass is 658 g/mol. The Morgan fingerprint density at radius 2 is 1.65 bits per heavy atom. The molecule has 3 aliphatic carbocycles. The molecule has 4 rings (SSSR count). The van der Waals surface area contributed by atoms with Crippen LogP contribution in [0.15, 0.2) is 18.2 Å². The molecule has 7 atom stereocenters. The summed E-state index contributed by atoms with van der Waals surface area (Å²) in [5.41, 5.74) is 2.96. The molecular weight excluding hydrogens is 603 g/mol. The second kappa shape index (κ2) is 16.0. The molecule has 9 heteroatoms. The second-order valence-electron chi connectivity index (χ2n) is 14.6. The van der Waals surface area contributed by atoms with Crippen molar-refractivity contribution < 1.29 is 41.3 Å². The van der Waals surface area contributed by atoms with Crippen molar-refractivity contribution in [2.24, 2.45) is 29.1 Å². The third-order valence-electron chi connectivity index (χ3n) is 11.8. The number of benzene rings is 1. The minimum atomic E-state index is -5.57. The number of hydrogen-bond donors (Lipinski definition) is 1. The van der Waals surface area contributed by atoms with Crippen LogP contribution in [0.5, 0.6) is 5.75 Å². The molecule has 0 radical (unpaired) electrons. The molecule has 0 aliphatic heterocycles. The number of unbranched alkanes of at least 4 members (excludes halogenated alkanes) is 6. The molecule has 46 heavy (non-hydrogen) atoms. The number of halogens is 5. The number of fused-ring (bicyclic) bond motifs is 5. The van der Waals surface area contributed by atoms with Gasteiger partial charge in [-0.1, -0.05) is 57.9 Å². The van der Waals surface area contributed by atoms with E-state index in [0.717, 1.165) is 76.4 Å². The van der Waals surface area contributed by atoms with E-state index in [9.17, 15) is 31.9 Å². The van der Waals surface area contributed by atoms with Gasteiger partial charge in [0.25, 0.3) is 0 Å². The van der Waals surface area contributed by atoms with E-state index in [2.05, 4.69) is 25.1 Å². The Morgan fingerprint density at radius 3 is 2.33 bits per heavy atom. The van der Waals surface area contributed by atoms with Crippen molar-refractivity contribution >= 4 is 5.97 Å². The van der Waals surface area contributed by atoms with Gasteiger partial charge in [0.05, 0.1) is 25.7 Å². The maximum Gasteiger partial charge on any atom is 0.453 e. The third kappa shape index (κ3) is 8.57. The first kappa shape index (κ1) is 36.9. The van der Waals surface area contributed by atoms with Crippen LogP contribution in [0, 0.1) is 29.1 Å². The van der Waals surface area contributed by atoms with Gasteiger partial charge in [-0.15, -0.1) is 0 Å². The molecule has 1 aromatic carbocycles. The average molecular weight is 659 g/mol. The molecule has 0 amide bonds. The molecule has 2 fully saturated rings. The van der Waals surface area contributed by atoms with Crippen LogP contribution < -0.4 is 4.74 Å². The van der Waals surface area contributed by atoms with Gasteiger partial charge in [-0.05, 0) is 117 Å². The van der Waals surface area contributed by atoms with Gasteiger partial charge < -0.3 is 14.6 Å². The van der Waals surface area contributed by atoms with Crippen LogP contribution >= 0.6 is 0 Å². The molecule has 262 valence electrons. The number of methoxy groups -OCH3 is 1. The predicted octanol–water partition coefficient (Wildman–Crippen LogP) is 10.2. The zero-order chi connectivity index (χ0) is 33.5. The molecule has 0 aromatic heterocycles. The summed E-state index contributed by atoms with van der Waals surface area (Å²) in [5.74, 6) is -2.61. The summed E-state index contributed by atoms with van der Waals surface area (Å²) in [4.78, 5) is 12.3. The van der Waals surface area contributed by atoms with Crippen molar-refractivity contribution in [3.8, 4) is 5.75 Å². The molecule has 1 aromatic rings. The predicted molar refractivity (Wildman–Crippen MR) is 169 cm³/mol. The number of ether oxygens (including phenoxy) is 2. The van der Waals surface area contributed by atoms with Gasteiger partial charge in [0.1, 0.15) is 5.75 Å². The van der Waals surface area contributed by atoms with Crippen LogP contribution in [0.4, 0.5) is 22.0 Å². The Bertz CT molecular complexity index is 1120. The van der Waals surface area contributed by atoms with Crippen LogP contribution in [0.25, 0.3) is 0 Å². The maximum atomic E-state index is 13.3. The second-order valence-corrected chi connectivity index (χ2v) is 14.6. The molecule has 0 spiro atoms. The number of esters is 1. The molecule has 2 saturated carbocycles. The molecule has 0 heterocycles. The highest BCUT2D eigenvalue weighted by atomic mass is 19.4. The zero-order valence-electron chi connectivity index (χ0n) is 28.0. The van der Waals surface area contributed by atoms with Gasteiger partial charge in [0, 0.05) is 6.42 Å². The van der Waals surface area contributed by atoms with E-state index in [-0.39, 0.29) is 31.0 Å². The number of aliphatic hydroxyl groups is 1. The Hall–Kier alpha value is -1.90. The number of rotatable bonds is 17. The lowest BCUT2D eigenvalue weighted by molar-refractivity contribution is -0.284. The van der Waals surface area contributed by atoms with Gasteiger partial charge in [-0.25, -0.2) is 0 Å². The average Bonchev–Trinajstić information content (AvgIpc) is 3.31. The van der Waals surface area contributed by atoms with Crippen LogP contribution in [0.2, 0.25) is 0 Å². The molecule has 4 nitrogen and oxygen atoms in total. The normalized spacial score (nSPS) is 28.2. The van der Waals surface area contributed by atoms with E-state index in [0.29, 0.717) is 30.1 Å². The van der Waals surface area contributed by atoms with Crippen molar-refractivity contribution in [1.82, 2.24) is 0 Å². The Balaban J connectivity index is 1.20. The van der Waals surface area contributed by atoms with E-state index in [1.807, 2.05) is 0 Å². The summed E-state index contributed by atoms with van der Waals surface area (Å²) in [6, 6.07) is 6.63. The van der Waals surface area contributed by atoms with Gasteiger partial charge in [-0.3, -0.25) is 4.79 Å². The summed E-state index contributed by atoms with van der Waals surface area (Å²) in [6.07, 6.45) is 6.65. The minimum absolute atomic E-state index is 0.0241. The summed E-state index contributed by atoms with van der Waals surface area (Å²) >= 11 is 0. The van der Waals surface area contributed by atoms with Crippen molar-refractivity contribution in [3.05, 3.63) is 29.3 Å². The summed E-state index contributed by atoms with van der Waals surface area (Å²) < 4.78 is 74.7. The fourth-order valence-electron chi connectivity index (χ4n) is 9.18. The Morgan fingerprint density at radius 1 is 0.978 bits per heavy atom. The molecule has 1 N–H and O–H groups in total. The SMILES string of the molecule is CCOC(=O)C(CCCCCCCCCC1Cc2cc(OC)ccc2C2CC[C@]3(C)C(O)CCC3C12)CCCC(F)(F)C(F)(F)F. The lowest BCUT2D eigenvalue weighted by Crippen LogP contribution is -2.47. The van der Waals surface area contributed by atoms with Gasteiger partial charge in [0.2, 0.25) is 0 Å². The summed E-state index contributed by atoms with van der Waals surface area (Å²) in [5, 5.41) is 10.9. The lowest BCUT2D eigenvalue weighted by atomic mass is 9.52. The molecule has 3 aliphatic rings. The van der Waals surface area contributed by atoms with Crippen LogP contribution in [0.3, 0.4) is 0 Å². The molecule has 6 unspecified atom stereocenters. The smallest absolute Gasteiger partial charge is 0.453 e. The van der Waals surface area contributed by atoms with Crippen LogP contribution in [0.1, 0.15) is 134 Å². The third-order valence-corrected chi connectivity index (χ3v) is 11.8. The highest BCUT2D eigenvalue weighted by Gasteiger charge is 2.57. The zero-order valence-corrected chi connectivity index (χ0v) is 28.0. The molecule has 0 bridgehead atoms. The number of hydrogen-bond acceptors (Lipinski definition) is 4. The highest BCUT2D eigenvalue weighted by molar-refractivity contribution is 5.72. The van der Waals surface area contributed by atoms with Crippen molar-refractivity contribution in [1.29, 1.82) is 0 Å². The molecular formula is C37H55F5O4. The number of alkyl halides is 5. The maximum absolute atomic E-state index is 13.3. The van der Waals surface area contributed by atoms with E-state index >= 15 is 0 Å². The number of aliphatic hydroxyl groups excluding tert-OH is 1. The van der Waals surface area contributed by atoms with Crippen LogP contribution in [-0.2, 0) is 16.0 Å². The van der Waals surface area contributed by atoms with Gasteiger partial charge in [-0.2, -0.15) is 22.0 Å². The minimum Gasteiger partial charge on any atom is -0.497 e. The van der Waals surface area contributed by atoms with Crippen LogP contribution in [-0.4, -0.2) is 43.0 Å². The van der Waals surface area contributed by atoms with Crippen molar-refractivity contribution in [3.63, 3.8) is 0 Å². The summed E-state index contributed by atoms with van der Waals surface area (Å²) in [7, 11) is 1.72. The van der Waals surface area contributed by atoms with E-state index in [1.165, 1.54) is 24.0 Å². The highest BCUT2D eigenvalue weighted by Crippen LogP contribution is 2.62. The number of carbonyl (C=O) groups is 1. The van der Waals surface area contributed by atoms with Gasteiger partial charge >= 0.3 is 18.1 Å². The number of carbonyl (C=O) groups excluding carboxylic acids is 1. The van der Waals surface area contributed by atoms with Gasteiger partial charge in [0.15, 0.2) is 0 Å². The fraction of sp³-hybridized carbons (Fsp3) is 0.811. The largest absolute Gasteiger partial charge is 0.497 e. The topological polar surface area (TPSA) is 55.8 Å². The lowest BCUT2D eigenvalue weighted by Gasteiger charge is -2.53. The van der Waals surface area contributed by atoms with E-state index in [1.54, 1.807) is 14.0 Å². The summed E-state index contributed by atoms with van der Waals surface area (Å²) in [6.45, 7) is 4.13. The van der Waals surface area contributed by atoms with E-state index in [4.69, 9.17) is 9.47 Å². The quantitative estimate of drug-likeness (QED) is 0.103. The van der Waals surface area contributed by atoms with E-state index < -0.39 is 30.4 Å². The van der Waals surface area contributed by atoms with Crippen molar-refractivity contribution in [2.45, 2.75) is 147 Å². The fourth-order valence-corrected chi connectivity index (χ4v) is 9.18. The first-order chi connectivity index (χ1) is 21.8. The molecule has 0 saturated heterocycles. The van der Waals surface area contributed by atoms with Crippen molar-refractivity contribution in [2.75, 3.05) is 13.7 Å².